The van der Waals surface area contributed by atoms with Crippen LogP contribution in [0.2, 0.25) is 0 Å². The summed E-state index contributed by atoms with van der Waals surface area (Å²) >= 11 is 0. The fraction of sp³-hybridized carbons (Fsp3) is 0.250. The average Bonchev–Trinajstić information content (AvgIpc) is 2.57. The summed E-state index contributed by atoms with van der Waals surface area (Å²) in [4.78, 5) is 12.4. The minimum absolute atomic E-state index is 0.212. The standard InChI is InChI=1S/C20H22FNO/c1-4-14(5-2)17-12-11-16(13-19(17)21)22-20(23)18-10-8-7-9-15(18)6-3/h4,7-13H,5-6H2,1-3H3,(H,22,23)/b14-4+. The number of aryl methyl sites for hydroxylation is 1. The lowest BCUT2D eigenvalue weighted by Gasteiger charge is -2.11. The summed E-state index contributed by atoms with van der Waals surface area (Å²) in [5.41, 5.74) is 3.61. The largest absolute Gasteiger partial charge is 0.322 e. The van der Waals surface area contributed by atoms with Gasteiger partial charge in [-0.15, -0.1) is 0 Å². The Hall–Kier alpha value is -2.42. The first-order chi connectivity index (χ1) is 11.1. The van der Waals surface area contributed by atoms with Gasteiger partial charge in [-0.1, -0.05) is 38.1 Å². The van der Waals surface area contributed by atoms with Crippen LogP contribution in [0.4, 0.5) is 10.1 Å². The predicted molar refractivity (Wildman–Crippen MR) is 94.1 cm³/mol. The highest BCUT2D eigenvalue weighted by Gasteiger charge is 2.12. The molecule has 2 nitrogen and oxygen atoms in total. The molecule has 23 heavy (non-hydrogen) atoms. The van der Waals surface area contributed by atoms with Gasteiger partial charge in [-0.05, 0) is 55.2 Å². The number of rotatable bonds is 5. The van der Waals surface area contributed by atoms with E-state index in [-0.39, 0.29) is 11.7 Å². The Morgan fingerprint density at radius 3 is 2.48 bits per heavy atom. The van der Waals surface area contributed by atoms with Gasteiger partial charge in [-0.2, -0.15) is 0 Å². The number of nitrogens with one attached hydrogen (secondary N) is 1. The van der Waals surface area contributed by atoms with Gasteiger partial charge >= 0.3 is 0 Å². The van der Waals surface area contributed by atoms with E-state index in [1.807, 2.05) is 45.0 Å². The van der Waals surface area contributed by atoms with Gasteiger partial charge < -0.3 is 5.32 Å². The van der Waals surface area contributed by atoms with E-state index in [1.54, 1.807) is 18.2 Å². The van der Waals surface area contributed by atoms with Gasteiger partial charge in [0, 0.05) is 16.8 Å². The van der Waals surface area contributed by atoms with Crippen molar-refractivity contribution in [2.45, 2.75) is 33.6 Å². The topological polar surface area (TPSA) is 29.1 Å². The van der Waals surface area contributed by atoms with Crippen molar-refractivity contribution in [1.82, 2.24) is 0 Å². The Balaban J connectivity index is 2.24. The van der Waals surface area contributed by atoms with Gasteiger partial charge in [0.25, 0.3) is 5.91 Å². The van der Waals surface area contributed by atoms with E-state index in [4.69, 9.17) is 0 Å². The summed E-state index contributed by atoms with van der Waals surface area (Å²) in [6.07, 6.45) is 3.45. The Bertz CT molecular complexity index is 734. The van der Waals surface area contributed by atoms with Crippen LogP contribution in [0, 0.1) is 5.82 Å². The molecule has 0 aliphatic heterocycles. The SMILES string of the molecule is C/C=C(\CC)c1ccc(NC(=O)c2ccccc2CC)cc1F. The maximum Gasteiger partial charge on any atom is 0.255 e. The minimum atomic E-state index is -0.318. The summed E-state index contributed by atoms with van der Waals surface area (Å²) < 4.78 is 14.3. The molecule has 1 N–H and O–H groups in total. The van der Waals surface area contributed by atoms with Crippen molar-refractivity contribution in [3.05, 3.63) is 71.0 Å². The van der Waals surface area contributed by atoms with Crippen molar-refractivity contribution in [3.8, 4) is 0 Å². The predicted octanol–water partition coefficient (Wildman–Crippen LogP) is 5.45. The molecule has 0 heterocycles. The number of amides is 1. The number of allylic oxidation sites excluding steroid dienone is 2. The van der Waals surface area contributed by atoms with Crippen molar-refractivity contribution >= 4 is 17.2 Å². The molecule has 120 valence electrons. The van der Waals surface area contributed by atoms with Crippen molar-refractivity contribution in [1.29, 1.82) is 0 Å². The lowest BCUT2D eigenvalue weighted by molar-refractivity contribution is 0.102. The van der Waals surface area contributed by atoms with Crippen LogP contribution < -0.4 is 5.32 Å². The number of carbonyl (C=O) groups is 1. The molecule has 0 radical (unpaired) electrons. The Kier molecular flexibility index (Phi) is 5.69. The molecule has 0 aliphatic rings. The maximum absolute atomic E-state index is 14.3. The molecular formula is C20H22FNO. The van der Waals surface area contributed by atoms with Crippen molar-refractivity contribution < 1.29 is 9.18 Å². The lowest BCUT2D eigenvalue weighted by Crippen LogP contribution is -2.14. The molecule has 0 unspecified atom stereocenters. The summed E-state index contributed by atoms with van der Waals surface area (Å²) in [5, 5.41) is 2.78. The van der Waals surface area contributed by atoms with Crippen LogP contribution in [-0.4, -0.2) is 5.91 Å². The number of hydrogen-bond donors (Lipinski definition) is 1. The van der Waals surface area contributed by atoms with Crippen molar-refractivity contribution in [2.75, 3.05) is 5.32 Å². The summed E-state index contributed by atoms with van der Waals surface area (Å²) in [6.45, 7) is 5.89. The molecule has 2 aromatic carbocycles. The first-order valence-electron chi connectivity index (χ1n) is 7.95. The second kappa shape index (κ2) is 7.73. The smallest absolute Gasteiger partial charge is 0.255 e. The highest BCUT2D eigenvalue weighted by atomic mass is 19.1. The number of halogens is 1. The van der Waals surface area contributed by atoms with Crippen molar-refractivity contribution in [2.24, 2.45) is 0 Å². The Morgan fingerprint density at radius 2 is 1.87 bits per heavy atom. The maximum atomic E-state index is 14.3. The first-order valence-corrected chi connectivity index (χ1v) is 7.95. The number of benzene rings is 2. The molecule has 0 aliphatic carbocycles. The minimum Gasteiger partial charge on any atom is -0.322 e. The molecule has 0 bridgehead atoms. The first kappa shape index (κ1) is 16.9. The van der Waals surface area contributed by atoms with E-state index < -0.39 is 0 Å². The summed E-state index contributed by atoms with van der Waals surface area (Å²) in [6, 6.07) is 12.3. The molecule has 0 saturated heterocycles. The highest BCUT2D eigenvalue weighted by molar-refractivity contribution is 6.05. The van der Waals surface area contributed by atoms with Crippen LogP contribution in [0.1, 0.15) is 48.7 Å². The normalized spacial score (nSPS) is 11.4. The fourth-order valence-electron chi connectivity index (χ4n) is 2.65. The lowest BCUT2D eigenvalue weighted by atomic mass is 10.0. The molecule has 0 aromatic heterocycles. The third-order valence-corrected chi connectivity index (χ3v) is 3.95. The molecule has 0 atom stereocenters. The van der Waals surface area contributed by atoms with E-state index in [2.05, 4.69) is 5.32 Å². The van der Waals surface area contributed by atoms with Gasteiger partial charge in [-0.3, -0.25) is 4.79 Å². The van der Waals surface area contributed by atoms with Crippen LogP contribution >= 0.6 is 0 Å². The second-order valence-corrected chi connectivity index (χ2v) is 5.33. The third-order valence-electron chi connectivity index (χ3n) is 3.95. The molecule has 0 fully saturated rings. The zero-order chi connectivity index (χ0) is 16.8. The zero-order valence-electron chi connectivity index (χ0n) is 13.8. The number of carbonyl (C=O) groups excluding carboxylic acids is 1. The Morgan fingerprint density at radius 1 is 1.13 bits per heavy atom. The fourth-order valence-corrected chi connectivity index (χ4v) is 2.65. The zero-order valence-corrected chi connectivity index (χ0v) is 13.8. The number of hydrogen-bond acceptors (Lipinski definition) is 1. The Labute approximate surface area is 137 Å². The van der Waals surface area contributed by atoms with E-state index in [0.717, 1.165) is 24.0 Å². The van der Waals surface area contributed by atoms with Crippen LogP contribution in [0.5, 0.6) is 0 Å². The molecule has 3 heteroatoms. The van der Waals surface area contributed by atoms with Gasteiger partial charge in [0.05, 0.1) is 0 Å². The molecule has 1 amide bonds. The quantitative estimate of drug-likeness (QED) is 0.781. The average molecular weight is 311 g/mol. The van der Waals surface area contributed by atoms with Gasteiger partial charge in [0.2, 0.25) is 0 Å². The van der Waals surface area contributed by atoms with Crippen LogP contribution in [0.15, 0.2) is 48.5 Å². The van der Waals surface area contributed by atoms with E-state index in [1.165, 1.54) is 6.07 Å². The van der Waals surface area contributed by atoms with Crippen LogP contribution in [-0.2, 0) is 6.42 Å². The summed E-state index contributed by atoms with van der Waals surface area (Å²) in [7, 11) is 0. The van der Waals surface area contributed by atoms with Crippen LogP contribution in [0.3, 0.4) is 0 Å². The molecule has 2 rings (SSSR count). The van der Waals surface area contributed by atoms with Gasteiger partial charge in [0.15, 0.2) is 0 Å². The third kappa shape index (κ3) is 3.86. The van der Waals surface area contributed by atoms with E-state index >= 15 is 0 Å². The van der Waals surface area contributed by atoms with E-state index in [9.17, 15) is 9.18 Å². The summed E-state index contributed by atoms with van der Waals surface area (Å²) in [5.74, 6) is -0.530. The molecule has 0 spiro atoms. The molecular weight excluding hydrogens is 289 g/mol. The molecule has 2 aromatic rings. The second-order valence-electron chi connectivity index (χ2n) is 5.33. The van der Waals surface area contributed by atoms with E-state index in [0.29, 0.717) is 16.8 Å². The van der Waals surface area contributed by atoms with Gasteiger partial charge in [0.1, 0.15) is 5.82 Å². The van der Waals surface area contributed by atoms with Crippen LogP contribution in [0.25, 0.3) is 5.57 Å². The monoisotopic (exact) mass is 311 g/mol. The number of anilines is 1. The highest BCUT2D eigenvalue weighted by Crippen LogP contribution is 2.24. The van der Waals surface area contributed by atoms with Gasteiger partial charge in [-0.25, -0.2) is 4.39 Å². The molecule has 0 saturated carbocycles. The van der Waals surface area contributed by atoms with Crippen molar-refractivity contribution in [3.63, 3.8) is 0 Å².